The van der Waals surface area contributed by atoms with Gasteiger partial charge in [0.05, 0.1) is 0 Å². The Morgan fingerprint density at radius 2 is 2.29 bits per heavy atom. The monoisotopic (exact) mass is 235 g/mol. The van der Waals surface area contributed by atoms with Crippen LogP contribution in [0.5, 0.6) is 0 Å². The zero-order valence-corrected chi connectivity index (χ0v) is 10.1. The summed E-state index contributed by atoms with van der Waals surface area (Å²) in [6.07, 6.45) is 2.06. The van der Waals surface area contributed by atoms with E-state index in [2.05, 4.69) is 16.5 Å². The Morgan fingerprint density at radius 1 is 1.57 bits per heavy atom. The molecule has 0 aliphatic heterocycles. The molecule has 0 fully saturated rings. The van der Waals surface area contributed by atoms with Gasteiger partial charge in [-0.2, -0.15) is 11.8 Å². The SMILES string of the molecule is CSCCN(C)c1nnc(C(C)Cl)o1. The average Bonchev–Trinajstić information content (AvgIpc) is 2.62. The number of hydrogen-bond acceptors (Lipinski definition) is 5. The molecule has 0 saturated heterocycles. The Hall–Kier alpha value is -0.420. The second-order valence-corrected chi connectivity index (χ2v) is 4.59. The molecule has 6 heteroatoms. The third kappa shape index (κ3) is 3.06. The molecule has 1 atom stereocenters. The number of thioether (sulfide) groups is 1. The van der Waals surface area contributed by atoms with Gasteiger partial charge in [0.15, 0.2) is 0 Å². The van der Waals surface area contributed by atoms with Crippen molar-refractivity contribution in [2.45, 2.75) is 12.3 Å². The molecule has 0 saturated carbocycles. The Morgan fingerprint density at radius 3 is 2.79 bits per heavy atom. The third-order valence-corrected chi connectivity index (χ3v) is 2.51. The highest BCUT2D eigenvalue weighted by Gasteiger charge is 2.13. The van der Waals surface area contributed by atoms with Crippen LogP contribution < -0.4 is 4.90 Å². The van der Waals surface area contributed by atoms with E-state index < -0.39 is 0 Å². The van der Waals surface area contributed by atoms with Crippen LogP contribution in [0.25, 0.3) is 0 Å². The van der Waals surface area contributed by atoms with Gasteiger partial charge in [0.1, 0.15) is 5.38 Å². The number of aromatic nitrogens is 2. The van der Waals surface area contributed by atoms with Crippen LogP contribution in [0, 0.1) is 0 Å². The number of anilines is 1. The van der Waals surface area contributed by atoms with Gasteiger partial charge in [-0.25, -0.2) is 0 Å². The number of nitrogens with zero attached hydrogens (tertiary/aromatic N) is 3. The van der Waals surface area contributed by atoms with E-state index in [1.807, 2.05) is 11.9 Å². The molecule has 0 aliphatic rings. The normalized spacial score (nSPS) is 12.9. The van der Waals surface area contributed by atoms with Crippen LogP contribution in [0.1, 0.15) is 18.2 Å². The zero-order chi connectivity index (χ0) is 10.6. The van der Waals surface area contributed by atoms with Crippen molar-refractivity contribution >= 4 is 29.4 Å². The van der Waals surface area contributed by atoms with Crippen LogP contribution in [0.3, 0.4) is 0 Å². The average molecular weight is 236 g/mol. The van der Waals surface area contributed by atoms with Gasteiger partial charge in [-0.05, 0) is 13.2 Å². The zero-order valence-electron chi connectivity index (χ0n) is 8.53. The molecular formula is C8H14ClN3OS. The van der Waals surface area contributed by atoms with Crippen molar-refractivity contribution in [3.05, 3.63) is 5.89 Å². The Kier molecular flexibility index (Phi) is 4.54. The molecule has 1 heterocycles. The summed E-state index contributed by atoms with van der Waals surface area (Å²) in [5.74, 6) is 1.50. The minimum absolute atomic E-state index is 0.231. The summed E-state index contributed by atoms with van der Waals surface area (Å²) in [6, 6.07) is 0.529. The quantitative estimate of drug-likeness (QED) is 0.732. The van der Waals surface area contributed by atoms with E-state index in [1.54, 1.807) is 18.7 Å². The lowest BCUT2D eigenvalue weighted by Crippen LogP contribution is -2.20. The molecule has 1 aromatic rings. The van der Waals surface area contributed by atoms with Crippen LogP contribution >= 0.6 is 23.4 Å². The summed E-state index contributed by atoms with van der Waals surface area (Å²) < 4.78 is 5.37. The fourth-order valence-corrected chi connectivity index (χ4v) is 1.41. The van der Waals surface area contributed by atoms with Gasteiger partial charge < -0.3 is 9.32 Å². The Balaban J connectivity index is 2.57. The largest absolute Gasteiger partial charge is 0.406 e. The predicted octanol–water partition coefficient (Wildman–Crippen LogP) is 2.17. The number of rotatable bonds is 5. The molecule has 0 radical (unpaired) electrons. The van der Waals surface area contributed by atoms with E-state index in [0.29, 0.717) is 11.9 Å². The first kappa shape index (κ1) is 11.7. The number of halogens is 1. The van der Waals surface area contributed by atoms with Crippen LogP contribution in [0.2, 0.25) is 0 Å². The summed E-state index contributed by atoms with van der Waals surface area (Å²) in [4.78, 5) is 1.92. The Bertz CT molecular complexity index is 279. The van der Waals surface area contributed by atoms with Gasteiger partial charge in [0.25, 0.3) is 0 Å². The highest BCUT2D eigenvalue weighted by molar-refractivity contribution is 7.98. The van der Waals surface area contributed by atoms with E-state index in [-0.39, 0.29) is 5.38 Å². The van der Waals surface area contributed by atoms with Crippen LogP contribution in [0.15, 0.2) is 4.42 Å². The van der Waals surface area contributed by atoms with Crippen molar-refractivity contribution < 1.29 is 4.42 Å². The highest BCUT2D eigenvalue weighted by Crippen LogP contribution is 2.20. The molecule has 0 aliphatic carbocycles. The summed E-state index contributed by atoms with van der Waals surface area (Å²) in [5.41, 5.74) is 0. The second-order valence-electron chi connectivity index (χ2n) is 2.95. The molecule has 0 amide bonds. The molecule has 0 bridgehead atoms. The molecule has 0 N–H and O–H groups in total. The summed E-state index contributed by atoms with van der Waals surface area (Å²) >= 11 is 7.59. The fraction of sp³-hybridized carbons (Fsp3) is 0.750. The van der Waals surface area contributed by atoms with E-state index in [9.17, 15) is 0 Å². The second kappa shape index (κ2) is 5.46. The van der Waals surface area contributed by atoms with Crippen molar-refractivity contribution in [2.75, 3.05) is 30.5 Å². The maximum absolute atomic E-state index is 5.81. The van der Waals surface area contributed by atoms with Crippen molar-refractivity contribution in [3.63, 3.8) is 0 Å². The molecule has 1 rings (SSSR count). The first-order valence-corrected chi connectivity index (χ1v) is 6.15. The van der Waals surface area contributed by atoms with Gasteiger partial charge in [-0.15, -0.1) is 16.7 Å². The topological polar surface area (TPSA) is 42.2 Å². The van der Waals surface area contributed by atoms with Gasteiger partial charge in [-0.1, -0.05) is 5.10 Å². The first-order valence-electron chi connectivity index (χ1n) is 4.32. The molecule has 80 valence electrons. The van der Waals surface area contributed by atoms with E-state index in [1.165, 1.54) is 0 Å². The lowest BCUT2D eigenvalue weighted by molar-refractivity contribution is 0.492. The lowest BCUT2D eigenvalue weighted by Gasteiger charge is -2.12. The molecule has 0 aromatic carbocycles. The van der Waals surface area contributed by atoms with Crippen molar-refractivity contribution in [2.24, 2.45) is 0 Å². The molecule has 0 spiro atoms. The minimum Gasteiger partial charge on any atom is -0.406 e. The number of alkyl halides is 1. The van der Waals surface area contributed by atoms with Gasteiger partial charge in [-0.3, -0.25) is 0 Å². The van der Waals surface area contributed by atoms with E-state index in [0.717, 1.165) is 12.3 Å². The first-order chi connectivity index (χ1) is 6.65. The summed E-state index contributed by atoms with van der Waals surface area (Å²) in [6.45, 7) is 2.69. The third-order valence-electron chi connectivity index (χ3n) is 1.73. The van der Waals surface area contributed by atoms with E-state index in [4.69, 9.17) is 16.0 Å². The number of hydrogen-bond donors (Lipinski definition) is 0. The fourth-order valence-electron chi connectivity index (χ4n) is 0.865. The lowest BCUT2D eigenvalue weighted by atomic mass is 10.5. The van der Waals surface area contributed by atoms with Gasteiger partial charge in [0, 0.05) is 19.3 Å². The summed E-state index contributed by atoms with van der Waals surface area (Å²) in [7, 11) is 1.92. The smallest absolute Gasteiger partial charge is 0.317 e. The van der Waals surface area contributed by atoms with Crippen LogP contribution in [-0.4, -0.2) is 35.8 Å². The predicted molar refractivity (Wildman–Crippen MR) is 60.2 cm³/mol. The van der Waals surface area contributed by atoms with Gasteiger partial charge >= 0.3 is 6.01 Å². The van der Waals surface area contributed by atoms with Crippen molar-refractivity contribution in [1.29, 1.82) is 0 Å². The minimum atomic E-state index is -0.231. The molecule has 4 nitrogen and oxygen atoms in total. The molecular weight excluding hydrogens is 222 g/mol. The van der Waals surface area contributed by atoms with Crippen LogP contribution in [0.4, 0.5) is 6.01 Å². The summed E-state index contributed by atoms with van der Waals surface area (Å²) in [5, 5.41) is 7.52. The standard InChI is InChI=1S/C8H14ClN3OS/c1-6(9)7-10-11-8(13-7)12(2)4-5-14-3/h6H,4-5H2,1-3H3. The molecule has 1 aromatic heterocycles. The maximum Gasteiger partial charge on any atom is 0.317 e. The molecule has 14 heavy (non-hydrogen) atoms. The van der Waals surface area contributed by atoms with Crippen molar-refractivity contribution in [1.82, 2.24) is 10.2 Å². The molecule has 1 unspecified atom stereocenters. The maximum atomic E-state index is 5.81. The Labute approximate surface area is 93.0 Å². The highest BCUT2D eigenvalue weighted by atomic mass is 35.5. The van der Waals surface area contributed by atoms with Crippen molar-refractivity contribution in [3.8, 4) is 0 Å². The van der Waals surface area contributed by atoms with E-state index >= 15 is 0 Å². The van der Waals surface area contributed by atoms with Gasteiger partial charge in [0.2, 0.25) is 5.89 Å². The van der Waals surface area contributed by atoms with Crippen LogP contribution in [-0.2, 0) is 0 Å².